The fourth-order valence-corrected chi connectivity index (χ4v) is 5.84. The number of hydrogen-bond acceptors (Lipinski definition) is 8. The molecule has 0 spiro atoms. The van der Waals surface area contributed by atoms with Crippen molar-refractivity contribution in [3.05, 3.63) is 0 Å². The summed E-state index contributed by atoms with van der Waals surface area (Å²) in [5.41, 5.74) is 0. The minimum absolute atomic E-state index is 0.124. The topological polar surface area (TPSA) is 58.2 Å². The molecule has 0 atom stereocenters. The number of rotatable bonds is 5. The van der Waals surface area contributed by atoms with Crippen LogP contribution in [0.2, 0.25) is 0 Å². The minimum Gasteiger partial charge on any atom is -0.290 e. The van der Waals surface area contributed by atoms with Gasteiger partial charge in [-0.2, -0.15) is 0 Å². The molecule has 0 bridgehead atoms. The molecule has 0 aromatic heterocycles. The summed E-state index contributed by atoms with van der Waals surface area (Å²) in [7, 11) is 4.64. The van der Waals surface area contributed by atoms with Gasteiger partial charge in [0, 0.05) is 34.1 Å². The molecule has 0 unspecified atom stereocenters. The van der Waals surface area contributed by atoms with Gasteiger partial charge in [-0.05, 0) is 19.7 Å². The van der Waals surface area contributed by atoms with Gasteiger partial charge in [0.15, 0.2) is 0 Å². The van der Waals surface area contributed by atoms with E-state index in [9.17, 15) is 9.59 Å². The van der Waals surface area contributed by atoms with E-state index >= 15 is 0 Å². The zero-order valence-corrected chi connectivity index (χ0v) is 12.2. The zero-order valence-electron chi connectivity index (χ0n) is 7.27. The van der Waals surface area contributed by atoms with Gasteiger partial charge in [-0.15, -0.1) is 0 Å². The molecule has 10 heteroatoms. The Bertz CT molecular complexity index is 171. The maximum atomic E-state index is 10.9. The van der Waals surface area contributed by atoms with E-state index in [1.165, 1.54) is 43.5 Å². The smallest absolute Gasteiger partial charge is 0.290 e. The normalized spacial score (nSPS) is 9.57. The van der Waals surface area contributed by atoms with Crippen LogP contribution in [0.1, 0.15) is 0 Å². The fourth-order valence-electron chi connectivity index (χ4n) is 0.290. The monoisotopic (exact) mass is 308 g/mol. The summed E-state index contributed by atoms with van der Waals surface area (Å²) < 4.78 is 5.10. The number of carbonyl (C=O) groups excluding carboxylic acids is 2. The van der Waals surface area contributed by atoms with Crippen molar-refractivity contribution in [1.29, 1.82) is 0 Å². The van der Waals surface area contributed by atoms with Gasteiger partial charge in [-0.25, -0.2) is 0 Å². The summed E-state index contributed by atoms with van der Waals surface area (Å²) in [6.07, 6.45) is 3.55. The zero-order chi connectivity index (χ0) is 10.8. The van der Waals surface area contributed by atoms with E-state index in [0.717, 1.165) is 21.6 Å². The molecule has 0 radical (unpaired) electrons. The van der Waals surface area contributed by atoms with Gasteiger partial charge in [0.05, 0.1) is 0 Å². The SMILES string of the molecule is CSNC(=O)SSSSC(=O)NSC. The average molecular weight is 309 g/mol. The Morgan fingerprint density at radius 2 is 1.21 bits per heavy atom. The Morgan fingerprint density at radius 1 is 0.857 bits per heavy atom. The highest BCUT2D eigenvalue weighted by Gasteiger charge is 2.05. The van der Waals surface area contributed by atoms with Crippen LogP contribution in [-0.2, 0) is 0 Å². The lowest BCUT2D eigenvalue weighted by Crippen LogP contribution is -2.06. The van der Waals surface area contributed by atoms with Gasteiger partial charge in [-0.3, -0.25) is 19.0 Å². The van der Waals surface area contributed by atoms with E-state index in [4.69, 9.17) is 0 Å². The first-order valence-corrected chi connectivity index (χ1v) is 10.3. The molecule has 14 heavy (non-hydrogen) atoms. The Kier molecular flexibility index (Phi) is 11.3. The molecule has 0 aromatic rings. The van der Waals surface area contributed by atoms with Crippen molar-refractivity contribution < 1.29 is 9.59 Å². The van der Waals surface area contributed by atoms with Gasteiger partial charge in [0.2, 0.25) is 0 Å². The van der Waals surface area contributed by atoms with Gasteiger partial charge < -0.3 is 0 Å². The maximum Gasteiger partial charge on any atom is 0.300 e. The summed E-state index contributed by atoms with van der Waals surface area (Å²) in [5, 5.41) is -0.248. The Morgan fingerprint density at radius 3 is 1.50 bits per heavy atom. The van der Waals surface area contributed by atoms with Crippen molar-refractivity contribution in [2.45, 2.75) is 0 Å². The molecule has 2 amide bonds. The molecule has 2 N–H and O–H groups in total. The molecule has 0 aliphatic heterocycles. The van der Waals surface area contributed by atoms with Gasteiger partial charge in [0.1, 0.15) is 0 Å². The second kappa shape index (κ2) is 10.6. The Hall–Kier alpha value is 1.04. The van der Waals surface area contributed by atoms with E-state index in [1.54, 1.807) is 12.5 Å². The number of hydrogen-bond donors (Lipinski definition) is 2. The first-order valence-electron chi connectivity index (χ1n) is 3.04. The Labute approximate surface area is 106 Å². The summed E-state index contributed by atoms with van der Waals surface area (Å²) >= 11 is 2.50. The van der Waals surface area contributed by atoms with Crippen LogP contribution in [0, 0.1) is 0 Å². The molecule has 0 saturated heterocycles. The summed E-state index contributed by atoms with van der Waals surface area (Å²) in [5.74, 6) is 0. The fraction of sp³-hybridized carbons (Fsp3) is 0.500. The minimum atomic E-state index is -0.124. The van der Waals surface area contributed by atoms with Crippen molar-refractivity contribution in [1.82, 2.24) is 9.44 Å². The summed E-state index contributed by atoms with van der Waals surface area (Å²) in [4.78, 5) is 21.8. The van der Waals surface area contributed by atoms with Crippen LogP contribution in [0.5, 0.6) is 0 Å². The molecular formula is C4H8N2O2S6. The Balaban J connectivity index is 3.28. The molecule has 82 valence electrons. The molecule has 0 rings (SSSR count). The van der Waals surface area contributed by atoms with Gasteiger partial charge >= 0.3 is 0 Å². The lowest BCUT2D eigenvalue weighted by molar-refractivity contribution is 0.264. The van der Waals surface area contributed by atoms with E-state index in [2.05, 4.69) is 9.44 Å². The van der Waals surface area contributed by atoms with Crippen molar-refractivity contribution in [2.24, 2.45) is 0 Å². The standard InChI is InChI=1S/C4H8N2O2S6/c1-9-5-3(7)11-13-14-12-4(8)6-10-2/h1-2H3,(H,5,7)(H,6,8). The lowest BCUT2D eigenvalue weighted by atomic mass is 11.5. The second-order valence-corrected chi connectivity index (χ2v) is 8.33. The lowest BCUT2D eigenvalue weighted by Gasteiger charge is -1.99. The summed E-state index contributed by atoms with van der Waals surface area (Å²) in [6, 6.07) is 0. The van der Waals surface area contributed by atoms with Gasteiger partial charge in [-0.1, -0.05) is 23.9 Å². The van der Waals surface area contributed by atoms with Crippen LogP contribution in [-0.4, -0.2) is 23.0 Å². The molecule has 0 saturated carbocycles. The highest BCUT2D eigenvalue weighted by Crippen LogP contribution is 2.43. The summed E-state index contributed by atoms with van der Waals surface area (Å²) in [6.45, 7) is 0. The number of nitrogens with one attached hydrogen (secondary N) is 2. The highest BCUT2D eigenvalue weighted by molar-refractivity contribution is 9.28. The molecule has 0 aliphatic rings. The van der Waals surface area contributed by atoms with Crippen molar-refractivity contribution in [2.75, 3.05) is 12.5 Å². The number of amides is 2. The van der Waals surface area contributed by atoms with Crippen molar-refractivity contribution >= 4 is 75.6 Å². The quantitative estimate of drug-likeness (QED) is 0.453. The molecule has 0 aliphatic carbocycles. The molecule has 0 heterocycles. The van der Waals surface area contributed by atoms with Crippen molar-refractivity contribution in [3.8, 4) is 0 Å². The third-order valence-electron chi connectivity index (χ3n) is 0.618. The van der Waals surface area contributed by atoms with Crippen LogP contribution in [0.3, 0.4) is 0 Å². The largest absolute Gasteiger partial charge is 0.300 e. The van der Waals surface area contributed by atoms with Crippen LogP contribution < -0.4 is 9.44 Å². The van der Waals surface area contributed by atoms with E-state index in [0.29, 0.717) is 0 Å². The average Bonchev–Trinajstić information content (AvgIpc) is 2.13. The van der Waals surface area contributed by atoms with Gasteiger partial charge in [0.25, 0.3) is 10.5 Å². The predicted molar refractivity (Wildman–Crippen MR) is 74.5 cm³/mol. The van der Waals surface area contributed by atoms with Crippen LogP contribution in [0.25, 0.3) is 0 Å². The molecule has 4 nitrogen and oxygen atoms in total. The molecule has 0 aromatic carbocycles. The third-order valence-corrected chi connectivity index (χ3v) is 7.06. The van der Waals surface area contributed by atoms with E-state index in [1.807, 2.05) is 0 Å². The second-order valence-electron chi connectivity index (χ2n) is 1.49. The first-order chi connectivity index (χ1) is 6.70. The van der Waals surface area contributed by atoms with Crippen LogP contribution >= 0.6 is 65.1 Å². The molecule has 0 fully saturated rings. The van der Waals surface area contributed by atoms with Crippen LogP contribution in [0.15, 0.2) is 0 Å². The van der Waals surface area contributed by atoms with E-state index < -0.39 is 0 Å². The molecular weight excluding hydrogens is 300 g/mol. The maximum absolute atomic E-state index is 10.9. The van der Waals surface area contributed by atoms with E-state index in [-0.39, 0.29) is 10.5 Å². The first kappa shape index (κ1) is 15.0. The highest BCUT2D eigenvalue weighted by atomic mass is 33.7. The predicted octanol–water partition coefficient (Wildman–Crippen LogP) is 3.64. The third kappa shape index (κ3) is 9.59. The van der Waals surface area contributed by atoms with Crippen molar-refractivity contribution in [3.63, 3.8) is 0 Å². The van der Waals surface area contributed by atoms with Crippen LogP contribution in [0.4, 0.5) is 9.59 Å². The number of carbonyl (C=O) groups is 2.